The number of Topliss-reactive ketones (excluding diaryl/α,β-unsaturated/α-hetero) is 1. The van der Waals surface area contributed by atoms with Crippen LogP contribution in [0.15, 0.2) is 53.9 Å². The molecule has 2 aliphatic rings. The first-order valence-electron chi connectivity index (χ1n) is 13.4. The second-order valence-electron chi connectivity index (χ2n) is 11.5. The Labute approximate surface area is 223 Å². The van der Waals surface area contributed by atoms with Crippen LogP contribution >= 0.6 is 11.3 Å². The maximum Gasteiger partial charge on any atom is 0.247 e. The Hall–Kier alpha value is -2.99. The molecule has 1 saturated heterocycles. The van der Waals surface area contributed by atoms with Gasteiger partial charge in [-0.15, -0.1) is 11.3 Å². The molecule has 3 aromatic rings. The average Bonchev–Trinajstić information content (AvgIpc) is 3.49. The van der Waals surface area contributed by atoms with Gasteiger partial charge in [-0.05, 0) is 82.7 Å². The second-order valence-corrected chi connectivity index (χ2v) is 12.4. The predicted molar refractivity (Wildman–Crippen MR) is 148 cm³/mol. The van der Waals surface area contributed by atoms with Gasteiger partial charge in [-0.2, -0.15) is 0 Å². The molecule has 0 bridgehead atoms. The summed E-state index contributed by atoms with van der Waals surface area (Å²) in [4.78, 5) is 43.6. The molecule has 1 aliphatic heterocycles. The molecule has 1 aliphatic carbocycles. The van der Waals surface area contributed by atoms with Gasteiger partial charge in [0.1, 0.15) is 18.1 Å². The summed E-state index contributed by atoms with van der Waals surface area (Å²) in [6, 6.07) is 14.2. The number of ketones is 1. The van der Waals surface area contributed by atoms with Crippen molar-refractivity contribution in [3.8, 4) is 0 Å². The summed E-state index contributed by atoms with van der Waals surface area (Å²) in [7, 11) is 0. The Morgan fingerprint density at radius 3 is 2.35 bits per heavy atom. The van der Waals surface area contributed by atoms with Gasteiger partial charge >= 0.3 is 0 Å². The highest BCUT2D eigenvalue weighted by Crippen LogP contribution is 2.37. The van der Waals surface area contributed by atoms with E-state index in [1.807, 2.05) is 55.6 Å². The highest BCUT2D eigenvalue weighted by Gasteiger charge is 2.49. The van der Waals surface area contributed by atoms with E-state index < -0.39 is 18.1 Å². The van der Waals surface area contributed by atoms with Gasteiger partial charge in [0.15, 0.2) is 5.78 Å². The average molecular weight is 517 g/mol. The maximum atomic E-state index is 14.4. The van der Waals surface area contributed by atoms with E-state index in [2.05, 4.69) is 31.3 Å². The number of carbonyl (C=O) groups is 3. The zero-order chi connectivity index (χ0) is 26.3. The third-order valence-corrected chi connectivity index (χ3v) is 8.59. The van der Waals surface area contributed by atoms with Gasteiger partial charge in [-0.25, -0.2) is 0 Å². The van der Waals surface area contributed by atoms with Gasteiger partial charge < -0.3 is 10.2 Å². The number of nitrogens with zero attached hydrogens (tertiary/aromatic N) is 1. The third-order valence-electron chi connectivity index (χ3n) is 7.69. The number of fused-ring (bicyclic) bond motifs is 2. The summed E-state index contributed by atoms with van der Waals surface area (Å²) >= 11 is 1.65. The van der Waals surface area contributed by atoms with E-state index in [1.54, 1.807) is 16.2 Å². The fraction of sp³-hybridized carbons (Fsp3) is 0.452. The number of thiophene rings is 1. The minimum atomic E-state index is -0.778. The highest BCUT2D eigenvalue weighted by molar-refractivity contribution is 7.17. The summed E-state index contributed by atoms with van der Waals surface area (Å²) in [5, 5.41) is 6.19. The number of piperazine rings is 1. The molecule has 3 atom stereocenters. The van der Waals surface area contributed by atoms with Crippen molar-refractivity contribution in [2.24, 2.45) is 17.8 Å². The van der Waals surface area contributed by atoms with Crippen LogP contribution in [-0.4, -0.2) is 34.6 Å². The first-order chi connectivity index (χ1) is 17.7. The van der Waals surface area contributed by atoms with Gasteiger partial charge in [-0.1, -0.05) is 58.0 Å². The molecule has 0 spiro atoms. The molecule has 5 nitrogen and oxygen atoms in total. The summed E-state index contributed by atoms with van der Waals surface area (Å²) in [5.74, 6) is 0.0472. The van der Waals surface area contributed by atoms with Crippen molar-refractivity contribution >= 4 is 39.0 Å². The number of carbonyl (C=O) groups excluding carboxylic acids is 3. The van der Waals surface area contributed by atoms with Gasteiger partial charge in [-0.3, -0.25) is 14.4 Å². The zero-order valence-electron chi connectivity index (χ0n) is 22.1. The van der Waals surface area contributed by atoms with Crippen molar-refractivity contribution in [1.82, 2.24) is 10.2 Å². The molecule has 2 amide bonds. The number of rotatable bonds is 8. The van der Waals surface area contributed by atoms with E-state index in [0.29, 0.717) is 12.8 Å². The Morgan fingerprint density at radius 1 is 1.00 bits per heavy atom. The standard InChI is InChI=1S/C31H36N2O3S/c1-18(2)13-25-30(35)32-28(24-15-20-7-5-6-8-21(20)16-24)31(36)33(25)29(26(34)14-19(3)4)23-9-10-27-22(17-23)11-12-37-27/h5-12,17-19,24-25,28-29H,13-16H2,1-4H3,(H,32,35)/t25-,28-,29-/m1/s1. The first kappa shape index (κ1) is 25.7. The van der Waals surface area contributed by atoms with Crippen molar-refractivity contribution in [2.45, 2.75) is 71.5 Å². The van der Waals surface area contributed by atoms with E-state index >= 15 is 0 Å². The van der Waals surface area contributed by atoms with Crippen LogP contribution in [0.25, 0.3) is 10.1 Å². The van der Waals surface area contributed by atoms with Gasteiger partial charge in [0.05, 0.1) is 0 Å². The Kier molecular flexibility index (Phi) is 7.21. The van der Waals surface area contributed by atoms with Crippen LogP contribution in [0.3, 0.4) is 0 Å². The molecule has 2 heterocycles. The fourth-order valence-electron chi connectivity index (χ4n) is 6.04. The van der Waals surface area contributed by atoms with Crippen molar-refractivity contribution < 1.29 is 14.4 Å². The number of hydrogen-bond acceptors (Lipinski definition) is 4. The molecule has 2 aromatic carbocycles. The van der Waals surface area contributed by atoms with Crippen LogP contribution in [0, 0.1) is 17.8 Å². The van der Waals surface area contributed by atoms with Gasteiger partial charge in [0.25, 0.3) is 0 Å². The third kappa shape index (κ3) is 5.08. The molecule has 1 fully saturated rings. The molecule has 1 aromatic heterocycles. The van der Waals surface area contributed by atoms with Gasteiger partial charge in [0.2, 0.25) is 11.8 Å². The maximum absolute atomic E-state index is 14.4. The fourth-order valence-corrected chi connectivity index (χ4v) is 6.82. The molecule has 5 rings (SSSR count). The second kappa shape index (κ2) is 10.4. The van der Waals surface area contributed by atoms with E-state index in [-0.39, 0.29) is 35.4 Å². The molecule has 0 radical (unpaired) electrons. The molecule has 6 heteroatoms. The van der Waals surface area contributed by atoms with Crippen LogP contribution in [-0.2, 0) is 27.2 Å². The largest absolute Gasteiger partial charge is 0.342 e. The summed E-state index contributed by atoms with van der Waals surface area (Å²) < 4.78 is 1.14. The van der Waals surface area contributed by atoms with Crippen molar-refractivity contribution in [1.29, 1.82) is 0 Å². The molecule has 194 valence electrons. The van der Waals surface area contributed by atoms with Crippen LogP contribution in [0.1, 0.15) is 63.3 Å². The number of hydrogen-bond donors (Lipinski definition) is 1. The lowest BCUT2D eigenvalue weighted by Gasteiger charge is -2.45. The molecule has 0 saturated carbocycles. The Morgan fingerprint density at radius 2 is 1.70 bits per heavy atom. The van der Waals surface area contributed by atoms with Crippen molar-refractivity contribution in [3.05, 3.63) is 70.6 Å². The van der Waals surface area contributed by atoms with E-state index in [4.69, 9.17) is 0 Å². The minimum Gasteiger partial charge on any atom is -0.342 e. The monoisotopic (exact) mass is 516 g/mol. The topological polar surface area (TPSA) is 66.5 Å². The predicted octanol–water partition coefficient (Wildman–Crippen LogP) is 5.71. The van der Waals surface area contributed by atoms with Gasteiger partial charge in [0, 0.05) is 11.1 Å². The molecule has 37 heavy (non-hydrogen) atoms. The first-order valence-corrected chi connectivity index (χ1v) is 14.3. The summed E-state index contributed by atoms with van der Waals surface area (Å²) in [6.07, 6.45) is 2.37. The van der Waals surface area contributed by atoms with E-state index in [0.717, 1.165) is 28.5 Å². The lowest BCUT2D eigenvalue weighted by molar-refractivity contribution is -0.157. The molecular formula is C31H36N2O3S. The smallest absolute Gasteiger partial charge is 0.247 e. The Bertz CT molecular complexity index is 1300. The lowest BCUT2D eigenvalue weighted by Crippen LogP contribution is -2.66. The van der Waals surface area contributed by atoms with Crippen molar-refractivity contribution in [3.63, 3.8) is 0 Å². The highest BCUT2D eigenvalue weighted by atomic mass is 32.1. The molecule has 1 N–H and O–H groups in total. The normalized spacial score (nSPS) is 21.1. The summed E-state index contributed by atoms with van der Waals surface area (Å²) in [6.45, 7) is 8.15. The van der Waals surface area contributed by atoms with Crippen LogP contribution < -0.4 is 5.32 Å². The number of nitrogens with one attached hydrogen (secondary N) is 1. The van der Waals surface area contributed by atoms with Crippen LogP contribution in [0.2, 0.25) is 0 Å². The summed E-state index contributed by atoms with van der Waals surface area (Å²) in [5.41, 5.74) is 3.27. The number of amides is 2. The van der Waals surface area contributed by atoms with E-state index in [9.17, 15) is 14.4 Å². The van der Waals surface area contributed by atoms with E-state index in [1.165, 1.54) is 11.1 Å². The lowest BCUT2D eigenvalue weighted by atomic mass is 9.86. The van der Waals surface area contributed by atoms with Crippen molar-refractivity contribution in [2.75, 3.05) is 0 Å². The number of benzene rings is 2. The minimum absolute atomic E-state index is 0.00477. The van der Waals surface area contributed by atoms with Crippen LogP contribution in [0.4, 0.5) is 0 Å². The molecular weight excluding hydrogens is 480 g/mol. The van der Waals surface area contributed by atoms with Crippen LogP contribution in [0.5, 0.6) is 0 Å². The SMILES string of the molecule is CC(C)CC(=O)[C@@H](c1ccc2sccc2c1)N1C(=O)[C@@H](C2Cc3ccccc3C2)NC(=O)[C@H]1CC(C)C. The quantitative estimate of drug-likeness (QED) is 0.417. The Balaban J connectivity index is 1.57. The molecule has 0 unspecified atom stereocenters. The zero-order valence-corrected chi connectivity index (χ0v) is 22.9.